The Balaban J connectivity index is 1.42. The van der Waals surface area contributed by atoms with Crippen LogP contribution in [-0.2, 0) is 26.1 Å². The third kappa shape index (κ3) is 4.59. The van der Waals surface area contributed by atoms with Gasteiger partial charge in [-0.15, -0.1) is 0 Å². The Morgan fingerprint density at radius 1 is 1.12 bits per heavy atom. The largest absolute Gasteiger partial charge is 0.445 e. The molecule has 0 N–H and O–H groups in total. The minimum absolute atomic E-state index is 0.00606. The first-order chi connectivity index (χ1) is 15.4. The number of ether oxygens (including phenoxy) is 2. The average Bonchev–Trinajstić information content (AvgIpc) is 2.82. The second-order valence-electron chi connectivity index (χ2n) is 7.62. The van der Waals surface area contributed by atoms with Gasteiger partial charge in [0.25, 0.3) is 5.69 Å². The van der Waals surface area contributed by atoms with E-state index in [1.807, 2.05) is 30.3 Å². The van der Waals surface area contributed by atoms with Crippen molar-refractivity contribution in [1.29, 1.82) is 0 Å². The van der Waals surface area contributed by atoms with Gasteiger partial charge in [0.05, 0.1) is 35.1 Å². The molecule has 0 aliphatic carbocycles. The van der Waals surface area contributed by atoms with Crippen molar-refractivity contribution < 1.29 is 27.6 Å². The van der Waals surface area contributed by atoms with Crippen molar-refractivity contribution in [2.75, 3.05) is 26.2 Å². The van der Waals surface area contributed by atoms with Crippen LogP contribution in [0.1, 0.15) is 12.0 Å². The summed E-state index contributed by atoms with van der Waals surface area (Å²) in [5.74, 6) is 0. The minimum Gasteiger partial charge on any atom is -0.445 e. The van der Waals surface area contributed by atoms with Crippen molar-refractivity contribution in [3.63, 3.8) is 0 Å². The molecule has 2 unspecified atom stereocenters. The number of non-ortho nitro benzene ring substituents is 1. The summed E-state index contributed by atoms with van der Waals surface area (Å²) < 4.78 is 38.9. The number of fused-ring (bicyclic) bond motifs is 1. The first kappa shape index (κ1) is 22.2. The number of likely N-dealkylation sites (tertiary alicyclic amines) is 1. The maximum Gasteiger partial charge on any atom is 0.410 e. The van der Waals surface area contributed by atoms with E-state index in [0.29, 0.717) is 13.0 Å². The van der Waals surface area contributed by atoms with E-state index in [2.05, 4.69) is 0 Å². The molecule has 0 saturated carbocycles. The fraction of sp³-hybridized carbons (Fsp3) is 0.381. The van der Waals surface area contributed by atoms with Crippen molar-refractivity contribution in [2.45, 2.75) is 30.1 Å². The highest BCUT2D eigenvalue weighted by molar-refractivity contribution is 7.89. The van der Waals surface area contributed by atoms with E-state index in [9.17, 15) is 23.3 Å². The molecule has 0 radical (unpaired) electrons. The molecule has 0 spiro atoms. The van der Waals surface area contributed by atoms with Crippen LogP contribution in [0.5, 0.6) is 0 Å². The fourth-order valence-corrected chi connectivity index (χ4v) is 5.67. The van der Waals surface area contributed by atoms with Crippen LogP contribution in [0, 0.1) is 10.1 Å². The van der Waals surface area contributed by atoms with E-state index >= 15 is 0 Å². The van der Waals surface area contributed by atoms with Crippen molar-refractivity contribution in [3.8, 4) is 0 Å². The number of hydrogen-bond acceptors (Lipinski definition) is 7. The van der Waals surface area contributed by atoms with Crippen LogP contribution in [0.3, 0.4) is 0 Å². The summed E-state index contributed by atoms with van der Waals surface area (Å²) in [5.41, 5.74) is 0.705. The molecule has 2 aliphatic rings. The van der Waals surface area contributed by atoms with Crippen LogP contribution in [0.25, 0.3) is 0 Å². The number of morpholine rings is 1. The van der Waals surface area contributed by atoms with E-state index in [4.69, 9.17) is 9.47 Å². The zero-order chi connectivity index (χ0) is 22.7. The SMILES string of the molecule is O=C(OCc1ccccc1)N1CCC2C(C1)OCCN2S(=O)(=O)c1ccc([N+](=O)[O-])cc1. The Bertz CT molecular complexity index is 1080. The molecular weight excluding hydrogens is 438 g/mol. The Hall–Kier alpha value is -3.02. The topological polar surface area (TPSA) is 119 Å². The number of amides is 1. The average molecular weight is 461 g/mol. The standard InChI is InChI=1S/C21H23N3O7S/c25-21(31-15-16-4-2-1-3-5-16)22-11-10-19-20(14-22)30-13-12-23(19)32(28,29)18-8-6-17(7-9-18)24(26)27/h1-9,19-20H,10-15H2. The van der Waals surface area contributed by atoms with Crippen LogP contribution in [-0.4, -0.2) is 67.0 Å². The molecule has 0 aromatic heterocycles. The predicted octanol–water partition coefficient (Wildman–Crippen LogP) is 2.40. The molecule has 0 bridgehead atoms. The molecule has 2 aliphatic heterocycles. The van der Waals surface area contributed by atoms with E-state index in [1.54, 1.807) is 0 Å². The first-order valence-corrected chi connectivity index (χ1v) is 11.6. The van der Waals surface area contributed by atoms with Crippen LogP contribution in [0.2, 0.25) is 0 Å². The number of nitrogens with zero attached hydrogens (tertiary/aromatic N) is 3. The lowest BCUT2D eigenvalue weighted by molar-refractivity contribution is -0.384. The molecule has 4 rings (SSSR count). The molecule has 2 saturated heterocycles. The molecule has 2 aromatic rings. The summed E-state index contributed by atoms with van der Waals surface area (Å²) in [6.07, 6.45) is -0.544. The zero-order valence-corrected chi connectivity index (χ0v) is 18.0. The maximum atomic E-state index is 13.2. The van der Waals surface area contributed by atoms with Gasteiger partial charge in [-0.2, -0.15) is 4.31 Å². The van der Waals surface area contributed by atoms with Crippen molar-refractivity contribution in [1.82, 2.24) is 9.21 Å². The van der Waals surface area contributed by atoms with Crippen LogP contribution < -0.4 is 0 Å². The zero-order valence-electron chi connectivity index (χ0n) is 17.2. The highest BCUT2D eigenvalue weighted by atomic mass is 32.2. The highest BCUT2D eigenvalue weighted by Crippen LogP contribution is 2.29. The molecule has 2 aromatic carbocycles. The third-order valence-electron chi connectivity index (χ3n) is 5.66. The second-order valence-corrected chi connectivity index (χ2v) is 9.51. The van der Waals surface area contributed by atoms with Gasteiger partial charge in [0, 0.05) is 25.2 Å². The highest BCUT2D eigenvalue weighted by Gasteiger charge is 2.43. The van der Waals surface area contributed by atoms with Crippen molar-refractivity contribution in [3.05, 3.63) is 70.3 Å². The summed E-state index contributed by atoms with van der Waals surface area (Å²) in [5, 5.41) is 10.9. The third-order valence-corrected chi connectivity index (χ3v) is 7.59. The molecule has 170 valence electrons. The van der Waals surface area contributed by atoms with Crippen LogP contribution in [0.4, 0.5) is 10.5 Å². The number of hydrogen-bond donors (Lipinski definition) is 0. The van der Waals surface area contributed by atoms with Crippen molar-refractivity contribution in [2.24, 2.45) is 0 Å². The Kier molecular flexibility index (Phi) is 6.40. The summed E-state index contributed by atoms with van der Waals surface area (Å²) in [7, 11) is -3.86. The monoisotopic (exact) mass is 461 g/mol. The van der Waals surface area contributed by atoms with Gasteiger partial charge in [-0.05, 0) is 24.1 Å². The predicted molar refractivity (Wildman–Crippen MR) is 113 cm³/mol. The molecule has 1 amide bonds. The lowest BCUT2D eigenvalue weighted by Crippen LogP contribution is -2.61. The van der Waals surface area contributed by atoms with Gasteiger partial charge in [-0.1, -0.05) is 30.3 Å². The maximum absolute atomic E-state index is 13.2. The number of nitro groups is 1. The van der Waals surface area contributed by atoms with Gasteiger partial charge in [0.2, 0.25) is 10.0 Å². The molecule has 2 fully saturated rings. The number of piperidine rings is 1. The Morgan fingerprint density at radius 3 is 2.53 bits per heavy atom. The summed E-state index contributed by atoms with van der Waals surface area (Å²) >= 11 is 0. The quantitative estimate of drug-likeness (QED) is 0.495. The molecular formula is C21H23N3O7S. The van der Waals surface area contributed by atoms with Gasteiger partial charge in [0.15, 0.2) is 0 Å². The van der Waals surface area contributed by atoms with E-state index in [-0.39, 0.29) is 36.9 Å². The summed E-state index contributed by atoms with van der Waals surface area (Å²) in [4.78, 5) is 24.3. The van der Waals surface area contributed by atoms with Gasteiger partial charge < -0.3 is 14.4 Å². The van der Waals surface area contributed by atoms with Gasteiger partial charge in [-0.3, -0.25) is 10.1 Å². The van der Waals surface area contributed by atoms with E-state index in [0.717, 1.165) is 5.56 Å². The van der Waals surface area contributed by atoms with Gasteiger partial charge in [-0.25, -0.2) is 13.2 Å². The number of nitro benzene ring substituents is 1. The molecule has 32 heavy (non-hydrogen) atoms. The first-order valence-electron chi connectivity index (χ1n) is 10.2. The van der Waals surface area contributed by atoms with E-state index in [1.165, 1.54) is 33.5 Å². The summed E-state index contributed by atoms with van der Waals surface area (Å²) in [6.45, 7) is 1.10. The number of benzene rings is 2. The Morgan fingerprint density at radius 2 is 1.84 bits per heavy atom. The summed E-state index contributed by atoms with van der Waals surface area (Å²) in [6, 6.07) is 13.8. The number of sulfonamides is 1. The number of rotatable bonds is 5. The van der Waals surface area contributed by atoms with Gasteiger partial charge >= 0.3 is 6.09 Å². The Labute approximate surface area is 185 Å². The van der Waals surface area contributed by atoms with Crippen LogP contribution in [0.15, 0.2) is 59.5 Å². The lowest BCUT2D eigenvalue weighted by Gasteiger charge is -2.45. The molecule has 11 heteroatoms. The van der Waals surface area contributed by atoms with E-state index < -0.39 is 33.2 Å². The second kappa shape index (κ2) is 9.23. The van der Waals surface area contributed by atoms with Crippen LogP contribution >= 0.6 is 0 Å². The minimum atomic E-state index is -3.86. The fourth-order valence-electron chi connectivity index (χ4n) is 4.01. The molecule has 10 nitrogen and oxygen atoms in total. The van der Waals surface area contributed by atoms with Crippen molar-refractivity contribution >= 4 is 21.8 Å². The van der Waals surface area contributed by atoms with Gasteiger partial charge in [0.1, 0.15) is 6.61 Å². The normalized spacial score (nSPS) is 21.6. The smallest absolute Gasteiger partial charge is 0.410 e. The molecule has 2 heterocycles. The number of carbonyl (C=O) groups excluding carboxylic acids is 1. The lowest BCUT2D eigenvalue weighted by atomic mass is 10.0. The number of carbonyl (C=O) groups is 1. The molecule has 2 atom stereocenters.